The highest BCUT2D eigenvalue weighted by atomic mass is 19.1. The molecule has 0 radical (unpaired) electrons. The molecule has 136 valence electrons. The van der Waals surface area contributed by atoms with Gasteiger partial charge in [0.1, 0.15) is 11.9 Å². The van der Waals surface area contributed by atoms with E-state index in [9.17, 15) is 9.18 Å². The van der Waals surface area contributed by atoms with Gasteiger partial charge in [-0.05, 0) is 54.1 Å². The van der Waals surface area contributed by atoms with Crippen LogP contribution in [0.2, 0.25) is 0 Å². The molecule has 0 bridgehead atoms. The number of nitrogens with zero attached hydrogens (tertiary/aromatic N) is 1. The average Bonchev–Trinajstić information content (AvgIpc) is 3.16. The van der Waals surface area contributed by atoms with Gasteiger partial charge in [-0.3, -0.25) is 4.79 Å². The maximum Gasteiger partial charge on any atom is 0.252 e. The molecule has 0 spiro atoms. The summed E-state index contributed by atoms with van der Waals surface area (Å²) >= 11 is 0. The van der Waals surface area contributed by atoms with Crippen LogP contribution in [0.25, 0.3) is 0 Å². The van der Waals surface area contributed by atoms with Crippen molar-refractivity contribution < 1.29 is 13.9 Å². The van der Waals surface area contributed by atoms with Crippen molar-refractivity contribution in [3.05, 3.63) is 71.0 Å². The fourth-order valence-electron chi connectivity index (χ4n) is 4.02. The van der Waals surface area contributed by atoms with E-state index in [1.807, 2.05) is 17.0 Å². The van der Waals surface area contributed by atoms with Crippen molar-refractivity contribution in [2.75, 3.05) is 19.7 Å². The third-order valence-electron chi connectivity index (χ3n) is 5.44. The Hall–Kier alpha value is -2.24. The topological polar surface area (TPSA) is 55.6 Å². The first kappa shape index (κ1) is 17.2. The summed E-state index contributed by atoms with van der Waals surface area (Å²) in [5.41, 5.74) is 8.98. The monoisotopic (exact) mass is 354 g/mol. The summed E-state index contributed by atoms with van der Waals surface area (Å²) in [5.74, 6) is -0.0317. The van der Waals surface area contributed by atoms with Crippen LogP contribution < -0.4 is 5.73 Å². The zero-order valence-corrected chi connectivity index (χ0v) is 14.6. The van der Waals surface area contributed by atoms with Crippen LogP contribution in [-0.4, -0.2) is 36.6 Å². The molecule has 1 fully saturated rings. The number of benzene rings is 2. The molecule has 2 aromatic carbocycles. The molecule has 2 aliphatic rings. The van der Waals surface area contributed by atoms with Crippen molar-refractivity contribution in [1.29, 1.82) is 0 Å². The van der Waals surface area contributed by atoms with Crippen molar-refractivity contribution >= 4 is 5.91 Å². The number of carbonyl (C=O) groups excluding carboxylic acids is 1. The summed E-state index contributed by atoms with van der Waals surface area (Å²) in [6.45, 7) is 1.71. The lowest BCUT2D eigenvalue weighted by Gasteiger charge is -2.39. The Morgan fingerprint density at radius 2 is 1.96 bits per heavy atom. The normalized spacial score (nSPS) is 25.2. The average molecular weight is 354 g/mol. The van der Waals surface area contributed by atoms with Gasteiger partial charge in [-0.1, -0.05) is 36.4 Å². The van der Waals surface area contributed by atoms with Gasteiger partial charge < -0.3 is 15.4 Å². The molecule has 1 amide bonds. The van der Waals surface area contributed by atoms with Crippen molar-refractivity contribution in [3.63, 3.8) is 0 Å². The van der Waals surface area contributed by atoms with Crippen LogP contribution in [0.3, 0.4) is 0 Å². The molecule has 0 aliphatic carbocycles. The summed E-state index contributed by atoms with van der Waals surface area (Å²) in [6.07, 6.45) is 1.05. The number of rotatable bonds is 3. The molecule has 4 rings (SSSR count). The summed E-state index contributed by atoms with van der Waals surface area (Å²) < 4.78 is 19.2. The largest absolute Gasteiger partial charge is 0.368 e. The second kappa shape index (κ2) is 7.17. The van der Waals surface area contributed by atoms with E-state index < -0.39 is 6.10 Å². The molecule has 26 heavy (non-hydrogen) atoms. The lowest BCUT2D eigenvalue weighted by molar-refractivity contribution is -0.143. The van der Waals surface area contributed by atoms with E-state index in [1.54, 1.807) is 12.1 Å². The molecule has 2 heterocycles. The van der Waals surface area contributed by atoms with Crippen LogP contribution in [0.1, 0.15) is 29.2 Å². The van der Waals surface area contributed by atoms with E-state index in [4.69, 9.17) is 10.5 Å². The zero-order valence-electron chi connectivity index (χ0n) is 14.6. The van der Waals surface area contributed by atoms with Gasteiger partial charge in [0.15, 0.2) is 0 Å². The molecule has 1 saturated heterocycles. The molecule has 0 aromatic heterocycles. The second-order valence-corrected chi connectivity index (χ2v) is 7.09. The van der Waals surface area contributed by atoms with Crippen LogP contribution in [0.5, 0.6) is 0 Å². The van der Waals surface area contributed by atoms with Crippen LogP contribution >= 0.6 is 0 Å². The number of amides is 1. The summed E-state index contributed by atoms with van der Waals surface area (Å²) in [6, 6.07) is 14.4. The molecule has 0 unspecified atom stereocenters. The Morgan fingerprint density at radius 1 is 1.19 bits per heavy atom. The Kier molecular flexibility index (Phi) is 4.74. The Morgan fingerprint density at radius 3 is 2.69 bits per heavy atom. The maximum absolute atomic E-state index is 13.4. The third kappa shape index (κ3) is 3.13. The predicted octanol–water partition coefficient (Wildman–Crippen LogP) is 2.66. The van der Waals surface area contributed by atoms with Crippen LogP contribution in [0, 0.1) is 11.7 Å². The predicted molar refractivity (Wildman–Crippen MR) is 97.0 cm³/mol. The first-order chi connectivity index (χ1) is 12.7. The maximum atomic E-state index is 13.4. The molecule has 5 heteroatoms. The van der Waals surface area contributed by atoms with E-state index in [0.29, 0.717) is 26.1 Å². The minimum absolute atomic E-state index is 0.00442. The standard InChI is InChI=1S/C21H23FN2O2/c22-17-7-5-16(6-8-17)20-18-4-2-1-3-15(18)9-10-24(20)21(25)19-11-14(12-23)13-26-19/h1-8,14,19-20H,9-13,23H2/t14-,19-,20+/m1/s1. The van der Waals surface area contributed by atoms with Crippen LogP contribution in [-0.2, 0) is 16.0 Å². The molecule has 4 nitrogen and oxygen atoms in total. The molecule has 2 aromatic rings. The van der Waals surface area contributed by atoms with Crippen LogP contribution in [0.4, 0.5) is 4.39 Å². The summed E-state index contributed by atoms with van der Waals surface area (Å²) in [4.78, 5) is 15.1. The second-order valence-electron chi connectivity index (χ2n) is 7.09. The number of halogens is 1. The lowest BCUT2D eigenvalue weighted by Crippen LogP contribution is -2.45. The van der Waals surface area contributed by atoms with Gasteiger partial charge in [0.25, 0.3) is 5.91 Å². The molecular weight excluding hydrogens is 331 g/mol. The first-order valence-corrected chi connectivity index (χ1v) is 9.13. The number of ether oxygens (including phenoxy) is 1. The van der Waals surface area contributed by atoms with E-state index in [2.05, 4.69) is 12.1 Å². The number of fused-ring (bicyclic) bond motifs is 1. The van der Waals surface area contributed by atoms with Gasteiger partial charge in [0.2, 0.25) is 0 Å². The number of hydrogen-bond donors (Lipinski definition) is 1. The Balaban J connectivity index is 1.69. The Labute approximate surface area is 152 Å². The fourth-order valence-corrected chi connectivity index (χ4v) is 4.02. The van der Waals surface area contributed by atoms with E-state index in [0.717, 1.165) is 17.5 Å². The van der Waals surface area contributed by atoms with Gasteiger partial charge in [-0.25, -0.2) is 4.39 Å². The first-order valence-electron chi connectivity index (χ1n) is 9.13. The lowest BCUT2D eigenvalue weighted by atomic mass is 9.87. The van der Waals surface area contributed by atoms with E-state index in [-0.39, 0.29) is 23.7 Å². The summed E-state index contributed by atoms with van der Waals surface area (Å²) in [5, 5.41) is 0. The number of hydrogen-bond acceptors (Lipinski definition) is 3. The van der Waals surface area contributed by atoms with Gasteiger partial charge in [0.05, 0.1) is 12.6 Å². The van der Waals surface area contributed by atoms with Crippen molar-refractivity contribution in [1.82, 2.24) is 4.90 Å². The third-order valence-corrected chi connectivity index (χ3v) is 5.44. The fraction of sp³-hybridized carbons (Fsp3) is 0.381. The molecule has 0 saturated carbocycles. The molecule has 2 aliphatic heterocycles. The number of nitrogens with two attached hydrogens (primary N) is 1. The Bertz CT molecular complexity index is 793. The highest BCUT2D eigenvalue weighted by Gasteiger charge is 2.38. The van der Waals surface area contributed by atoms with E-state index >= 15 is 0 Å². The molecule has 3 atom stereocenters. The summed E-state index contributed by atoms with van der Waals surface area (Å²) in [7, 11) is 0. The highest BCUT2D eigenvalue weighted by molar-refractivity contribution is 5.82. The molecule has 2 N–H and O–H groups in total. The van der Waals surface area contributed by atoms with Crippen LogP contribution in [0.15, 0.2) is 48.5 Å². The van der Waals surface area contributed by atoms with Crippen molar-refractivity contribution in [2.45, 2.75) is 25.0 Å². The molecular formula is C21H23FN2O2. The minimum atomic E-state index is -0.434. The van der Waals surface area contributed by atoms with Gasteiger partial charge in [0, 0.05) is 6.54 Å². The minimum Gasteiger partial charge on any atom is -0.368 e. The smallest absolute Gasteiger partial charge is 0.252 e. The van der Waals surface area contributed by atoms with Crippen molar-refractivity contribution in [3.8, 4) is 0 Å². The van der Waals surface area contributed by atoms with Gasteiger partial charge in [-0.2, -0.15) is 0 Å². The highest BCUT2D eigenvalue weighted by Crippen LogP contribution is 2.36. The quantitative estimate of drug-likeness (QED) is 0.922. The number of carbonyl (C=O) groups is 1. The van der Waals surface area contributed by atoms with Gasteiger partial charge in [-0.15, -0.1) is 0 Å². The zero-order chi connectivity index (χ0) is 18.1. The van der Waals surface area contributed by atoms with E-state index in [1.165, 1.54) is 17.7 Å². The van der Waals surface area contributed by atoms with Crippen molar-refractivity contribution in [2.24, 2.45) is 11.7 Å². The van der Waals surface area contributed by atoms with Gasteiger partial charge >= 0.3 is 0 Å². The SMILES string of the molecule is NC[C@@H]1CO[C@@H](C(=O)N2CCc3ccccc3[C@@H]2c2ccc(F)cc2)C1.